The zero-order chi connectivity index (χ0) is 19.6. The molecule has 3 aromatic rings. The van der Waals surface area contributed by atoms with E-state index < -0.39 is 17.4 Å². The van der Waals surface area contributed by atoms with Crippen molar-refractivity contribution in [3.63, 3.8) is 0 Å². The van der Waals surface area contributed by atoms with Crippen LogP contribution in [-0.2, 0) is 10.5 Å². The Hall–Kier alpha value is -3.20. The summed E-state index contributed by atoms with van der Waals surface area (Å²) >= 11 is 1.27. The summed E-state index contributed by atoms with van der Waals surface area (Å²) in [7, 11) is 1.25. The van der Waals surface area contributed by atoms with Gasteiger partial charge in [0.25, 0.3) is 5.56 Å². The highest BCUT2D eigenvalue weighted by Gasteiger charge is 2.17. The van der Waals surface area contributed by atoms with Crippen molar-refractivity contribution in [2.75, 3.05) is 7.11 Å². The third kappa shape index (κ3) is 3.98. The smallest absolute Gasteiger partial charge is 0.338 e. The van der Waals surface area contributed by atoms with Gasteiger partial charge in [-0.15, -0.1) is 0 Å². The van der Waals surface area contributed by atoms with Gasteiger partial charge < -0.3 is 15.5 Å². The maximum Gasteiger partial charge on any atom is 0.338 e. The Bertz CT molecular complexity index is 1110. The number of carbonyl (C=O) groups is 2. The zero-order valence-corrected chi connectivity index (χ0v) is 15.4. The summed E-state index contributed by atoms with van der Waals surface area (Å²) in [5, 5.41) is 0.443. The molecule has 0 aliphatic rings. The molecule has 0 atom stereocenters. The lowest BCUT2D eigenvalue weighted by molar-refractivity contribution is 0.0602. The number of thioether (sulfide) groups is 1. The number of aryl methyl sites for hydroxylation is 1. The Kier molecular flexibility index (Phi) is 5.22. The summed E-state index contributed by atoms with van der Waals surface area (Å²) in [4.78, 5) is 47.0. The minimum absolute atomic E-state index is 0.0903. The SMILES string of the molecule is COC(=O)c1cc(C)nc2nc(SCc3cccc(C(N)=O)c3)[nH]c(=O)c12. The number of aromatic nitrogens is 3. The number of hydrogen-bond acceptors (Lipinski definition) is 7. The minimum atomic E-state index is -0.624. The zero-order valence-electron chi connectivity index (χ0n) is 14.6. The molecule has 0 aliphatic carbocycles. The molecular formula is C18H16N4O4S. The summed E-state index contributed by atoms with van der Waals surface area (Å²) in [5.74, 6) is -0.666. The van der Waals surface area contributed by atoms with Gasteiger partial charge in [-0.05, 0) is 30.7 Å². The van der Waals surface area contributed by atoms with Crippen molar-refractivity contribution in [2.24, 2.45) is 5.73 Å². The third-order valence-electron chi connectivity index (χ3n) is 3.78. The average Bonchev–Trinajstić information content (AvgIpc) is 2.64. The lowest BCUT2D eigenvalue weighted by atomic mass is 10.1. The number of methoxy groups -OCH3 is 1. The van der Waals surface area contributed by atoms with Gasteiger partial charge in [-0.2, -0.15) is 0 Å². The first-order valence-corrected chi connectivity index (χ1v) is 8.89. The van der Waals surface area contributed by atoms with Crippen LogP contribution in [-0.4, -0.2) is 33.9 Å². The molecule has 9 heteroatoms. The largest absolute Gasteiger partial charge is 0.465 e. The van der Waals surface area contributed by atoms with Crippen molar-refractivity contribution >= 4 is 34.7 Å². The van der Waals surface area contributed by atoms with E-state index in [1.807, 2.05) is 6.07 Å². The molecule has 0 unspecified atom stereocenters. The monoisotopic (exact) mass is 384 g/mol. The molecule has 138 valence electrons. The van der Waals surface area contributed by atoms with Gasteiger partial charge in [0.2, 0.25) is 5.91 Å². The number of benzene rings is 1. The second-order valence-electron chi connectivity index (χ2n) is 5.73. The molecule has 0 saturated carbocycles. The summed E-state index contributed by atoms with van der Waals surface area (Å²) in [6.45, 7) is 1.71. The van der Waals surface area contributed by atoms with Crippen LogP contribution in [0.15, 0.2) is 40.3 Å². The number of primary amides is 1. The number of H-pyrrole nitrogens is 1. The fourth-order valence-corrected chi connectivity index (χ4v) is 3.35. The number of nitrogens with one attached hydrogen (secondary N) is 1. The van der Waals surface area contributed by atoms with E-state index in [4.69, 9.17) is 10.5 Å². The van der Waals surface area contributed by atoms with Gasteiger partial charge in [0.15, 0.2) is 10.8 Å². The van der Waals surface area contributed by atoms with E-state index in [0.717, 1.165) is 5.56 Å². The number of hydrogen-bond donors (Lipinski definition) is 2. The highest BCUT2D eigenvalue weighted by atomic mass is 32.2. The van der Waals surface area contributed by atoms with Gasteiger partial charge in [-0.3, -0.25) is 9.59 Å². The number of fused-ring (bicyclic) bond motifs is 1. The molecule has 3 rings (SSSR count). The molecule has 3 N–H and O–H groups in total. The average molecular weight is 384 g/mol. The quantitative estimate of drug-likeness (QED) is 0.390. The number of pyridine rings is 1. The number of nitrogens with two attached hydrogens (primary N) is 1. The predicted octanol–water partition coefficient (Wildman–Crippen LogP) is 1.80. The molecule has 27 heavy (non-hydrogen) atoms. The predicted molar refractivity (Wildman–Crippen MR) is 101 cm³/mol. The van der Waals surface area contributed by atoms with E-state index in [0.29, 0.717) is 22.2 Å². The van der Waals surface area contributed by atoms with E-state index in [2.05, 4.69) is 15.0 Å². The van der Waals surface area contributed by atoms with Gasteiger partial charge in [-0.1, -0.05) is 23.9 Å². The Labute approximate surface area is 158 Å². The molecule has 0 aliphatic heterocycles. The summed E-state index contributed by atoms with van der Waals surface area (Å²) in [6.07, 6.45) is 0. The van der Waals surface area contributed by atoms with E-state index >= 15 is 0 Å². The number of aromatic amines is 1. The second kappa shape index (κ2) is 7.58. The number of ether oxygens (including phenoxy) is 1. The first-order valence-electron chi connectivity index (χ1n) is 7.90. The molecule has 1 amide bonds. The Balaban J connectivity index is 1.95. The number of nitrogens with zero attached hydrogens (tertiary/aromatic N) is 2. The van der Waals surface area contributed by atoms with Crippen molar-refractivity contribution in [1.82, 2.24) is 15.0 Å². The van der Waals surface area contributed by atoms with Gasteiger partial charge >= 0.3 is 5.97 Å². The van der Waals surface area contributed by atoms with Crippen LogP contribution < -0.4 is 11.3 Å². The van der Waals surface area contributed by atoms with Crippen LogP contribution in [0.25, 0.3) is 11.0 Å². The molecular weight excluding hydrogens is 368 g/mol. The second-order valence-corrected chi connectivity index (χ2v) is 6.69. The van der Waals surface area contributed by atoms with Crippen LogP contribution >= 0.6 is 11.8 Å². The third-order valence-corrected chi connectivity index (χ3v) is 4.72. The maximum atomic E-state index is 12.5. The minimum Gasteiger partial charge on any atom is -0.465 e. The summed E-state index contributed by atoms with van der Waals surface area (Å²) in [6, 6.07) is 8.39. The molecule has 8 nitrogen and oxygen atoms in total. The molecule has 0 saturated heterocycles. The van der Waals surface area contributed by atoms with Gasteiger partial charge in [0, 0.05) is 17.0 Å². The van der Waals surface area contributed by atoms with Crippen LogP contribution in [0.1, 0.15) is 32.0 Å². The van der Waals surface area contributed by atoms with Crippen molar-refractivity contribution in [1.29, 1.82) is 0 Å². The Morgan fingerprint density at radius 1 is 1.26 bits per heavy atom. The van der Waals surface area contributed by atoms with Crippen LogP contribution in [0.2, 0.25) is 0 Å². The highest BCUT2D eigenvalue weighted by Crippen LogP contribution is 2.21. The summed E-state index contributed by atoms with van der Waals surface area (Å²) < 4.78 is 4.73. The van der Waals surface area contributed by atoms with Crippen LogP contribution in [0.3, 0.4) is 0 Å². The van der Waals surface area contributed by atoms with E-state index in [1.165, 1.54) is 24.9 Å². The molecule has 0 fully saturated rings. The van der Waals surface area contributed by atoms with Gasteiger partial charge in [0.05, 0.1) is 18.1 Å². The van der Waals surface area contributed by atoms with Crippen LogP contribution in [0.5, 0.6) is 0 Å². The van der Waals surface area contributed by atoms with Crippen molar-refractivity contribution in [3.05, 3.63) is 63.1 Å². The van der Waals surface area contributed by atoms with Gasteiger partial charge in [-0.25, -0.2) is 14.8 Å². The van der Waals surface area contributed by atoms with Crippen LogP contribution in [0, 0.1) is 6.92 Å². The first-order chi connectivity index (χ1) is 12.9. The lowest BCUT2D eigenvalue weighted by Crippen LogP contribution is -2.16. The number of esters is 1. The standard InChI is InChI=1S/C18H16N4O4S/c1-9-6-12(17(25)26-2)13-15(20-9)21-18(22-16(13)24)27-8-10-4-3-5-11(7-10)14(19)23/h3-7H,8H2,1-2H3,(H2,19,23)(H,20,21,22,24). The Morgan fingerprint density at radius 3 is 2.74 bits per heavy atom. The molecule has 0 spiro atoms. The van der Waals surface area contributed by atoms with Gasteiger partial charge in [0.1, 0.15) is 0 Å². The van der Waals surface area contributed by atoms with Crippen molar-refractivity contribution in [2.45, 2.75) is 17.8 Å². The van der Waals surface area contributed by atoms with E-state index in [1.54, 1.807) is 25.1 Å². The number of rotatable bonds is 5. The molecule has 2 aromatic heterocycles. The fourth-order valence-electron chi connectivity index (χ4n) is 2.55. The number of carbonyl (C=O) groups excluding carboxylic acids is 2. The van der Waals surface area contributed by atoms with Crippen molar-refractivity contribution < 1.29 is 14.3 Å². The molecule has 2 heterocycles. The van der Waals surface area contributed by atoms with Crippen LogP contribution in [0.4, 0.5) is 0 Å². The Morgan fingerprint density at radius 2 is 2.04 bits per heavy atom. The fraction of sp³-hybridized carbons (Fsp3) is 0.167. The normalized spacial score (nSPS) is 10.7. The van der Waals surface area contributed by atoms with Crippen molar-refractivity contribution in [3.8, 4) is 0 Å². The number of amides is 1. The molecule has 1 aromatic carbocycles. The molecule has 0 bridgehead atoms. The summed E-state index contributed by atoms with van der Waals surface area (Å²) in [5.41, 5.74) is 6.92. The molecule has 0 radical (unpaired) electrons. The van der Waals surface area contributed by atoms with E-state index in [-0.39, 0.29) is 16.6 Å². The topological polar surface area (TPSA) is 128 Å². The van der Waals surface area contributed by atoms with E-state index in [9.17, 15) is 14.4 Å². The maximum absolute atomic E-state index is 12.5. The first kappa shape index (κ1) is 18.6. The highest BCUT2D eigenvalue weighted by molar-refractivity contribution is 7.98. The lowest BCUT2D eigenvalue weighted by Gasteiger charge is -2.07.